The first-order valence-corrected chi connectivity index (χ1v) is 19.4. The number of benzene rings is 4. The van der Waals surface area contributed by atoms with Crippen molar-refractivity contribution < 1.29 is 38.6 Å². The number of rotatable bonds is 12. The van der Waals surface area contributed by atoms with E-state index in [0.29, 0.717) is 16.9 Å². The van der Waals surface area contributed by atoms with Crippen LogP contribution in [0.4, 0.5) is 4.79 Å². The number of para-hydroxylation sites is 1. The van der Waals surface area contributed by atoms with Crippen LogP contribution in [0.25, 0.3) is 21.7 Å². The van der Waals surface area contributed by atoms with Crippen LogP contribution >= 0.6 is 0 Å². The molecular weight excluding hydrogens is 739 g/mol. The summed E-state index contributed by atoms with van der Waals surface area (Å²) >= 11 is 0. The van der Waals surface area contributed by atoms with Gasteiger partial charge in [-0.25, -0.2) is 9.69 Å². The van der Waals surface area contributed by atoms with Gasteiger partial charge in [0, 0.05) is 35.4 Å². The van der Waals surface area contributed by atoms with Crippen molar-refractivity contribution in [3.05, 3.63) is 120 Å². The van der Waals surface area contributed by atoms with Gasteiger partial charge in [0.25, 0.3) is 11.8 Å². The van der Waals surface area contributed by atoms with Gasteiger partial charge >= 0.3 is 12.1 Å². The van der Waals surface area contributed by atoms with E-state index < -0.39 is 77.7 Å². The Morgan fingerprint density at radius 2 is 1.48 bits per heavy atom. The standard InChI is InChI=1S/C45H49N5O8/c1-26(46)40(53)48-37(24-38(51)52)43(56)50(42(55)36(49-44(57)58-45(2,3)4)23-31-25-47-35-17-11-10-16-32(31)35)41(54)34-21-20-33(39(34)28-13-6-5-7-14-28)30-19-18-27-12-8-9-15-29(27)22-30/h5-19,22,25-26,33-34,36-37,39,47H,20-21,23-24,46H2,1-4H3,(H,48,53)(H,49,57)(H,51,52)/t26-,33?,34+,36-,37-,39+/m0/s1. The van der Waals surface area contributed by atoms with Crippen molar-refractivity contribution in [3.63, 3.8) is 0 Å². The Kier molecular flexibility index (Phi) is 12.4. The predicted octanol–water partition coefficient (Wildman–Crippen LogP) is 5.92. The van der Waals surface area contributed by atoms with Gasteiger partial charge in [-0.2, -0.15) is 0 Å². The number of nitrogens with zero attached hydrogens (tertiary/aromatic N) is 1. The number of nitrogens with one attached hydrogen (secondary N) is 3. The van der Waals surface area contributed by atoms with E-state index in [0.717, 1.165) is 32.8 Å². The van der Waals surface area contributed by atoms with Crippen LogP contribution in [0.3, 0.4) is 0 Å². The van der Waals surface area contributed by atoms with Gasteiger partial charge in [0.15, 0.2) is 0 Å². The zero-order valence-corrected chi connectivity index (χ0v) is 32.9. The Morgan fingerprint density at radius 1 is 0.828 bits per heavy atom. The quantitative estimate of drug-likeness (QED) is 0.102. The molecule has 58 heavy (non-hydrogen) atoms. The fourth-order valence-electron chi connectivity index (χ4n) is 7.88. The largest absolute Gasteiger partial charge is 0.481 e. The molecule has 1 aliphatic carbocycles. The number of aromatic amines is 1. The Morgan fingerprint density at radius 3 is 2.17 bits per heavy atom. The molecule has 1 saturated carbocycles. The van der Waals surface area contributed by atoms with Crippen LogP contribution in [-0.2, 0) is 35.1 Å². The molecule has 1 unspecified atom stereocenters. The van der Waals surface area contributed by atoms with Gasteiger partial charge in [0.2, 0.25) is 11.8 Å². The van der Waals surface area contributed by atoms with Crippen LogP contribution in [0, 0.1) is 5.92 Å². The molecule has 302 valence electrons. The normalized spacial score (nSPS) is 18.2. The summed E-state index contributed by atoms with van der Waals surface area (Å²) < 4.78 is 5.53. The van der Waals surface area contributed by atoms with Gasteiger partial charge in [-0.1, -0.05) is 91.0 Å². The summed E-state index contributed by atoms with van der Waals surface area (Å²) in [6, 6.07) is 26.2. The number of nitrogens with two attached hydrogens (primary N) is 1. The van der Waals surface area contributed by atoms with E-state index in [1.165, 1.54) is 6.92 Å². The molecule has 6 atom stereocenters. The van der Waals surface area contributed by atoms with Crippen molar-refractivity contribution in [1.29, 1.82) is 0 Å². The number of imide groups is 3. The third kappa shape index (κ3) is 9.43. The molecule has 6 rings (SSSR count). The molecule has 0 radical (unpaired) electrons. The van der Waals surface area contributed by atoms with Crippen molar-refractivity contribution in [2.24, 2.45) is 11.7 Å². The average molecular weight is 788 g/mol. The number of aromatic nitrogens is 1. The van der Waals surface area contributed by atoms with E-state index >= 15 is 9.59 Å². The van der Waals surface area contributed by atoms with Crippen LogP contribution in [-0.4, -0.2) is 74.4 Å². The second kappa shape index (κ2) is 17.4. The highest BCUT2D eigenvalue weighted by Crippen LogP contribution is 2.51. The number of carboxylic acid groups (broad SMARTS) is 1. The number of hydrogen-bond donors (Lipinski definition) is 5. The summed E-state index contributed by atoms with van der Waals surface area (Å²) in [5.41, 5.74) is 7.95. The van der Waals surface area contributed by atoms with E-state index in [1.54, 1.807) is 27.0 Å². The minimum absolute atomic E-state index is 0.179. The van der Waals surface area contributed by atoms with E-state index in [1.807, 2.05) is 91.0 Å². The number of aliphatic carboxylic acids is 1. The number of carboxylic acids is 1. The number of fused-ring (bicyclic) bond motifs is 2. The fourth-order valence-corrected chi connectivity index (χ4v) is 7.88. The summed E-state index contributed by atoms with van der Waals surface area (Å²) in [6.07, 6.45) is 0.365. The third-order valence-electron chi connectivity index (χ3n) is 10.5. The van der Waals surface area contributed by atoms with E-state index in [2.05, 4.69) is 21.7 Å². The maximum atomic E-state index is 15.3. The van der Waals surface area contributed by atoms with Gasteiger partial charge in [-0.05, 0) is 80.0 Å². The smallest absolute Gasteiger partial charge is 0.408 e. The van der Waals surface area contributed by atoms with E-state index in [4.69, 9.17) is 10.5 Å². The van der Waals surface area contributed by atoms with Gasteiger partial charge in [-0.15, -0.1) is 0 Å². The lowest BCUT2D eigenvalue weighted by Crippen LogP contribution is -2.60. The highest BCUT2D eigenvalue weighted by atomic mass is 16.6. The molecule has 0 spiro atoms. The van der Waals surface area contributed by atoms with Crippen molar-refractivity contribution in [1.82, 2.24) is 20.5 Å². The molecule has 1 aromatic heterocycles. The lowest BCUT2D eigenvalue weighted by Gasteiger charge is -2.33. The van der Waals surface area contributed by atoms with Crippen LogP contribution in [0.1, 0.15) is 75.5 Å². The molecular formula is C45H49N5O8. The summed E-state index contributed by atoms with van der Waals surface area (Å²) in [5.74, 6) is -7.25. The zero-order valence-electron chi connectivity index (χ0n) is 32.9. The zero-order chi connectivity index (χ0) is 41.7. The van der Waals surface area contributed by atoms with Crippen LogP contribution < -0.4 is 16.4 Å². The second-order valence-electron chi connectivity index (χ2n) is 15.9. The van der Waals surface area contributed by atoms with E-state index in [-0.39, 0.29) is 18.8 Å². The molecule has 13 heteroatoms. The second-order valence-corrected chi connectivity index (χ2v) is 15.9. The first-order chi connectivity index (χ1) is 27.6. The number of carbonyl (C=O) groups is 6. The molecule has 1 heterocycles. The van der Waals surface area contributed by atoms with E-state index in [9.17, 15) is 24.3 Å². The number of alkyl carbamates (subject to hydrolysis) is 1. The van der Waals surface area contributed by atoms with Crippen LogP contribution in [0.5, 0.6) is 0 Å². The fraction of sp³-hybridized carbons (Fsp3) is 0.333. The number of ether oxygens (including phenoxy) is 1. The molecule has 6 N–H and O–H groups in total. The first kappa shape index (κ1) is 41.3. The molecule has 0 saturated heterocycles. The number of H-pyrrole nitrogens is 1. The van der Waals surface area contributed by atoms with Crippen LogP contribution in [0.15, 0.2) is 103 Å². The first-order valence-electron chi connectivity index (χ1n) is 19.4. The SMILES string of the molecule is C[C@H](N)C(=O)N[C@@H](CC(=O)O)C(=O)N(C(=O)[C@H](Cc1c[nH]c2ccccc12)NC(=O)OC(C)(C)C)C(=O)[C@@H]1CCC(c2ccc3ccccc3c2)[C@H]1c1ccccc1. The number of hydrogen-bond acceptors (Lipinski definition) is 8. The molecule has 5 aromatic rings. The van der Waals surface area contributed by atoms with Crippen molar-refractivity contribution in [2.75, 3.05) is 0 Å². The molecule has 13 nitrogen and oxygen atoms in total. The van der Waals surface area contributed by atoms with Crippen molar-refractivity contribution in [3.8, 4) is 0 Å². The highest BCUT2D eigenvalue weighted by molar-refractivity contribution is 6.16. The molecule has 0 aliphatic heterocycles. The summed E-state index contributed by atoms with van der Waals surface area (Å²) in [4.78, 5) is 87.2. The van der Waals surface area contributed by atoms with Gasteiger partial charge in [0.05, 0.1) is 12.5 Å². The Hall–Kier alpha value is -6.34. The van der Waals surface area contributed by atoms with Crippen LogP contribution in [0.2, 0.25) is 0 Å². The Labute approximate surface area is 336 Å². The lowest BCUT2D eigenvalue weighted by atomic mass is 9.79. The Balaban J connectivity index is 1.46. The topological polar surface area (TPSA) is 201 Å². The van der Waals surface area contributed by atoms with Crippen molar-refractivity contribution >= 4 is 57.4 Å². The summed E-state index contributed by atoms with van der Waals surface area (Å²) in [7, 11) is 0. The molecule has 0 bridgehead atoms. The van der Waals surface area contributed by atoms with Gasteiger partial charge in [0.1, 0.15) is 17.7 Å². The third-order valence-corrected chi connectivity index (χ3v) is 10.5. The highest BCUT2D eigenvalue weighted by Gasteiger charge is 2.48. The summed E-state index contributed by atoms with van der Waals surface area (Å²) in [5, 5.41) is 17.6. The average Bonchev–Trinajstić information content (AvgIpc) is 3.81. The summed E-state index contributed by atoms with van der Waals surface area (Å²) in [6.45, 7) is 6.30. The minimum atomic E-state index is -1.85. The van der Waals surface area contributed by atoms with Gasteiger partial charge < -0.3 is 31.2 Å². The number of amides is 5. The molecule has 4 aromatic carbocycles. The molecule has 5 amide bonds. The lowest BCUT2D eigenvalue weighted by molar-refractivity contribution is -0.160. The monoisotopic (exact) mass is 787 g/mol. The maximum Gasteiger partial charge on any atom is 0.408 e. The maximum absolute atomic E-state index is 15.3. The number of carbonyl (C=O) groups excluding carboxylic acids is 5. The Bertz CT molecular complexity index is 2330. The molecule has 1 aliphatic rings. The van der Waals surface area contributed by atoms with Gasteiger partial charge in [-0.3, -0.25) is 24.0 Å². The molecule has 1 fully saturated rings. The predicted molar refractivity (Wildman–Crippen MR) is 218 cm³/mol. The minimum Gasteiger partial charge on any atom is -0.481 e. The van der Waals surface area contributed by atoms with Crippen molar-refractivity contribution in [2.45, 2.75) is 88.9 Å².